The summed E-state index contributed by atoms with van der Waals surface area (Å²) in [5.74, 6) is -0.188. The van der Waals surface area contributed by atoms with E-state index in [9.17, 15) is 4.39 Å². The van der Waals surface area contributed by atoms with Crippen LogP contribution in [0.5, 0.6) is 0 Å². The normalized spacial score (nSPS) is 11.6. The van der Waals surface area contributed by atoms with Crippen LogP contribution in [0.3, 0.4) is 0 Å². The molecule has 1 aromatic carbocycles. The van der Waals surface area contributed by atoms with Crippen LogP contribution in [0.1, 0.15) is 13.8 Å². The number of halogens is 1. The molecular weight excluding hydrogens is 203 g/mol. The van der Waals surface area contributed by atoms with Gasteiger partial charge in [0, 0.05) is 25.8 Å². The molecule has 0 fully saturated rings. The van der Waals surface area contributed by atoms with E-state index in [-0.39, 0.29) is 11.2 Å². The summed E-state index contributed by atoms with van der Waals surface area (Å²) in [5.41, 5.74) is 1.24. The number of hydrogen-bond acceptors (Lipinski definition) is 2. The minimum atomic E-state index is -0.188. The zero-order valence-corrected chi connectivity index (χ0v) is 10.5. The van der Waals surface area contributed by atoms with Gasteiger partial charge in [0.05, 0.1) is 0 Å². The molecule has 0 spiro atoms. The van der Waals surface area contributed by atoms with Gasteiger partial charge >= 0.3 is 0 Å². The first-order chi connectivity index (χ1) is 7.44. The summed E-state index contributed by atoms with van der Waals surface area (Å²) in [6, 6.07) is 6.61. The van der Waals surface area contributed by atoms with Crippen molar-refractivity contribution in [2.24, 2.45) is 5.41 Å². The Morgan fingerprint density at radius 2 is 1.81 bits per heavy atom. The van der Waals surface area contributed by atoms with Crippen LogP contribution in [-0.4, -0.2) is 27.2 Å². The van der Waals surface area contributed by atoms with Crippen LogP contribution < -0.4 is 10.2 Å². The fraction of sp³-hybridized carbons (Fsp3) is 0.538. The van der Waals surface area contributed by atoms with Crippen LogP contribution >= 0.6 is 0 Å². The molecule has 3 heteroatoms. The molecule has 0 aromatic heterocycles. The Balaban J connectivity index is 2.64. The smallest absolute Gasteiger partial charge is 0.123 e. The number of anilines is 1. The van der Waals surface area contributed by atoms with Crippen LogP contribution in [0.25, 0.3) is 0 Å². The molecule has 0 bridgehead atoms. The zero-order valence-electron chi connectivity index (χ0n) is 10.5. The highest BCUT2D eigenvalue weighted by atomic mass is 19.1. The van der Waals surface area contributed by atoms with E-state index in [1.807, 2.05) is 26.2 Å². The monoisotopic (exact) mass is 224 g/mol. The summed E-state index contributed by atoms with van der Waals surface area (Å²) >= 11 is 0. The van der Waals surface area contributed by atoms with Gasteiger partial charge in [-0.2, -0.15) is 0 Å². The maximum absolute atomic E-state index is 12.8. The van der Waals surface area contributed by atoms with Gasteiger partial charge in [-0.15, -0.1) is 0 Å². The molecule has 2 nitrogen and oxygen atoms in total. The predicted molar refractivity (Wildman–Crippen MR) is 67.4 cm³/mol. The quantitative estimate of drug-likeness (QED) is 0.826. The van der Waals surface area contributed by atoms with Crippen LogP contribution in [0.2, 0.25) is 0 Å². The fourth-order valence-electron chi connectivity index (χ4n) is 1.96. The molecule has 0 aliphatic heterocycles. The molecule has 0 saturated heterocycles. The van der Waals surface area contributed by atoms with E-state index in [4.69, 9.17) is 0 Å². The third kappa shape index (κ3) is 3.81. The summed E-state index contributed by atoms with van der Waals surface area (Å²) in [7, 11) is 3.99. The molecule has 1 N–H and O–H groups in total. The van der Waals surface area contributed by atoms with Gasteiger partial charge in [0.15, 0.2) is 0 Å². The topological polar surface area (TPSA) is 15.3 Å². The lowest BCUT2D eigenvalue weighted by Crippen LogP contribution is -2.37. The molecule has 0 aliphatic carbocycles. The van der Waals surface area contributed by atoms with E-state index in [1.165, 1.54) is 12.1 Å². The molecule has 16 heavy (non-hydrogen) atoms. The molecule has 1 rings (SSSR count). The Hall–Kier alpha value is -1.09. The molecular formula is C13H21FN2. The van der Waals surface area contributed by atoms with Crippen LogP contribution in [0.15, 0.2) is 24.3 Å². The second kappa shape index (κ2) is 5.30. The molecule has 0 heterocycles. The molecule has 90 valence electrons. The average Bonchev–Trinajstić information content (AvgIpc) is 2.17. The van der Waals surface area contributed by atoms with Gasteiger partial charge in [-0.25, -0.2) is 4.39 Å². The fourth-order valence-corrected chi connectivity index (χ4v) is 1.96. The van der Waals surface area contributed by atoms with Gasteiger partial charge in [-0.05, 0) is 36.7 Å². The summed E-state index contributed by atoms with van der Waals surface area (Å²) in [6.45, 7) is 6.31. The first kappa shape index (κ1) is 13.0. The summed E-state index contributed by atoms with van der Waals surface area (Å²) in [6.07, 6.45) is 0. The third-order valence-corrected chi connectivity index (χ3v) is 2.59. The summed E-state index contributed by atoms with van der Waals surface area (Å²) in [4.78, 5) is 2.15. The first-order valence-corrected chi connectivity index (χ1v) is 5.56. The standard InChI is InChI=1S/C13H21FN2/c1-13(2,9-15-3)10-16(4)12-7-5-11(14)6-8-12/h5-8,15H,9-10H2,1-4H3. The summed E-state index contributed by atoms with van der Waals surface area (Å²) in [5, 5.41) is 3.19. The van der Waals surface area contributed by atoms with Crippen LogP contribution in [0.4, 0.5) is 10.1 Å². The first-order valence-electron chi connectivity index (χ1n) is 5.56. The highest BCUT2D eigenvalue weighted by Gasteiger charge is 2.19. The second-order valence-electron chi connectivity index (χ2n) is 5.03. The van der Waals surface area contributed by atoms with Crippen molar-refractivity contribution in [1.82, 2.24) is 5.32 Å². The number of nitrogens with zero attached hydrogens (tertiary/aromatic N) is 1. The SMILES string of the molecule is CNCC(C)(C)CN(C)c1ccc(F)cc1. The highest BCUT2D eigenvalue weighted by molar-refractivity contribution is 5.45. The Bertz CT molecular complexity index is 319. The number of hydrogen-bond donors (Lipinski definition) is 1. The maximum Gasteiger partial charge on any atom is 0.123 e. The van der Waals surface area contributed by atoms with Gasteiger partial charge in [0.25, 0.3) is 0 Å². The average molecular weight is 224 g/mol. The lowest BCUT2D eigenvalue weighted by atomic mass is 9.92. The van der Waals surface area contributed by atoms with E-state index >= 15 is 0 Å². The van der Waals surface area contributed by atoms with Gasteiger partial charge in [-0.3, -0.25) is 0 Å². The molecule has 0 saturated carbocycles. The van der Waals surface area contributed by atoms with E-state index in [1.54, 1.807) is 0 Å². The Kier molecular flexibility index (Phi) is 4.30. The van der Waals surface area contributed by atoms with Gasteiger partial charge in [0.2, 0.25) is 0 Å². The maximum atomic E-state index is 12.8. The number of rotatable bonds is 5. The van der Waals surface area contributed by atoms with Crippen molar-refractivity contribution >= 4 is 5.69 Å². The predicted octanol–water partition coefficient (Wildman–Crippen LogP) is 2.51. The van der Waals surface area contributed by atoms with Crippen molar-refractivity contribution in [2.75, 3.05) is 32.1 Å². The van der Waals surface area contributed by atoms with Gasteiger partial charge in [0.1, 0.15) is 5.82 Å². The van der Waals surface area contributed by atoms with Crippen molar-refractivity contribution in [1.29, 1.82) is 0 Å². The van der Waals surface area contributed by atoms with Crippen molar-refractivity contribution in [2.45, 2.75) is 13.8 Å². The second-order valence-corrected chi connectivity index (χ2v) is 5.03. The molecule has 0 amide bonds. The van der Waals surface area contributed by atoms with E-state index in [0.29, 0.717) is 0 Å². The van der Waals surface area contributed by atoms with E-state index in [2.05, 4.69) is 24.1 Å². The van der Waals surface area contributed by atoms with Gasteiger partial charge < -0.3 is 10.2 Å². The van der Waals surface area contributed by atoms with Crippen LogP contribution in [-0.2, 0) is 0 Å². The van der Waals surface area contributed by atoms with Crippen LogP contribution in [0, 0.1) is 11.2 Å². The Morgan fingerprint density at radius 3 is 2.31 bits per heavy atom. The van der Waals surface area contributed by atoms with Crippen molar-refractivity contribution in [3.63, 3.8) is 0 Å². The zero-order chi connectivity index (χ0) is 12.2. The van der Waals surface area contributed by atoms with Gasteiger partial charge in [-0.1, -0.05) is 13.8 Å². The van der Waals surface area contributed by atoms with Crippen molar-refractivity contribution < 1.29 is 4.39 Å². The Labute approximate surface area is 97.5 Å². The molecule has 0 atom stereocenters. The van der Waals surface area contributed by atoms with Crippen molar-refractivity contribution in [3.8, 4) is 0 Å². The minimum absolute atomic E-state index is 0.188. The van der Waals surface area contributed by atoms with E-state index < -0.39 is 0 Å². The number of nitrogens with one attached hydrogen (secondary N) is 1. The highest BCUT2D eigenvalue weighted by Crippen LogP contribution is 2.20. The third-order valence-electron chi connectivity index (χ3n) is 2.59. The largest absolute Gasteiger partial charge is 0.374 e. The summed E-state index contributed by atoms with van der Waals surface area (Å²) < 4.78 is 12.8. The molecule has 1 aromatic rings. The number of benzene rings is 1. The molecule has 0 aliphatic rings. The van der Waals surface area contributed by atoms with E-state index in [0.717, 1.165) is 18.8 Å². The van der Waals surface area contributed by atoms with Crippen molar-refractivity contribution in [3.05, 3.63) is 30.1 Å². The lowest BCUT2D eigenvalue weighted by molar-refractivity contribution is 0.358. The Morgan fingerprint density at radius 1 is 1.25 bits per heavy atom. The lowest BCUT2D eigenvalue weighted by Gasteiger charge is -2.31. The molecule has 0 radical (unpaired) electrons. The minimum Gasteiger partial charge on any atom is -0.374 e. The molecule has 0 unspecified atom stereocenters.